The quantitative estimate of drug-likeness (QED) is 0.861. The maximum absolute atomic E-state index is 12.6. The van der Waals surface area contributed by atoms with Gasteiger partial charge in [0, 0.05) is 48.5 Å². The molecule has 1 amide bonds. The molecule has 0 aromatic heterocycles. The Bertz CT molecular complexity index is 845. The molecule has 2 aromatic carbocycles. The van der Waals surface area contributed by atoms with E-state index in [4.69, 9.17) is 11.6 Å². The summed E-state index contributed by atoms with van der Waals surface area (Å²) in [5, 5.41) is 3.83. The minimum absolute atomic E-state index is 0.0427. The highest BCUT2D eigenvalue weighted by Crippen LogP contribution is 2.48. The van der Waals surface area contributed by atoms with Gasteiger partial charge in [-0.2, -0.15) is 0 Å². The van der Waals surface area contributed by atoms with Gasteiger partial charge in [-0.1, -0.05) is 23.7 Å². The molecule has 4 nitrogen and oxygen atoms in total. The van der Waals surface area contributed by atoms with Crippen molar-refractivity contribution < 1.29 is 4.79 Å². The Labute approximate surface area is 166 Å². The first kappa shape index (κ1) is 18.3. The van der Waals surface area contributed by atoms with Crippen LogP contribution < -0.4 is 10.2 Å². The molecule has 2 aliphatic rings. The van der Waals surface area contributed by atoms with Crippen molar-refractivity contribution in [1.82, 2.24) is 4.90 Å². The Morgan fingerprint density at radius 2 is 1.89 bits per heavy atom. The number of hydrogen-bond acceptors (Lipinski definition) is 3. The Balaban J connectivity index is 1.38. The van der Waals surface area contributed by atoms with Crippen LogP contribution in [-0.2, 0) is 4.79 Å². The van der Waals surface area contributed by atoms with Crippen molar-refractivity contribution in [2.75, 3.05) is 43.4 Å². The molecule has 2 fully saturated rings. The van der Waals surface area contributed by atoms with Crippen LogP contribution in [-0.4, -0.2) is 44.0 Å². The lowest BCUT2D eigenvalue weighted by Crippen LogP contribution is -2.44. The van der Waals surface area contributed by atoms with E-state index in [0.29, 0.717) is 0 Å². The first-order valence-electron chi connectivity index (χ1n) is 9.62. The van der Waals surface area contributed by atoms with E-state index in [1.54, 1.807) is 0 Å². The van der Waals surface area contributed by atoms with Gasteiger partial charge < -0.3 is 15.1 Å². The zero-order valence-corrected chi connectivity index (χ0v) is 16.7. The SMILES string of the molecule is Cc1cc(NC(=O)C2CC2c2cccc(Cl)c2)ccc1N1CCN(C)CC1. The molecule has 4 rings (SSSR count). The van der Waals surface area contributed by atoms with Crippen molar-refractivity contribution in [3.05, 3.63) is 58.6 Å². The molecule has 2 aromatic rings. The van der Waals surface area contributed by atoms with Crippen molar-refractivity contribution >= 4 is 28.9 Å². The Hall–Kier alpha value is -2.04. The van der Waals surface area contributed by atoms with Crippen molar-refractivity contribution in [2.45, 2.75) is 19.3 Å². The maximum Gasteiger partial charge on any atom is 0.228 e. The number of aryl methyl sites for hydroxylation is 1. The molecular weight excluding hydrogens is 358 g/mol. The van der Waals surface area contributed by atoms with Crippen LogP contribution in [0.4, 0.5) is 11.4 Å². The Morgan fingerprint density at radius 3 is 2.59 bits per heavy atom. The second kappa shape index (κ2) is 7.53. The average molecular weight is 384 g/mol. The number of amides is 1. The van der Waals surface area contributed by atoms with Crippen LogP contribution in [0.2, 0.25) is 5.02 Å². The predicted molar refractivity (Wildman–Crippen MR) is 112 cm³/mol. The highest BCUT2D eigenvalue weighted by molar-refractivity contribution is 6.30. The van der Waals surface area contributed by atoms with Gasteiger partial charge in [0.25, 0.3) is 0 Å². The van der Waals surface area contributed by atoms with Crippen molar-refractivity contribution in [2.24, 2.45) is 5.92 Å². The van der Waals surface area contributed by atoms with E-state index in [9.17, 15) is 4.79 Å². The highest BCUT2D eigenvalue weighted by Gasteiger charge is 2.44. The summed E-state index contributed by atoms with van der Waals surface area (Å²) in [5.41, 5.74) is 4.51. The first-order chi connectivity index (χ1) is 13.0. The first-order valence-corrected chi connectivity index (χ1v) is 9.99. The molecule has 0 radical (unpaired) electrons. The number of likely N-dealkylation sites (N-methyl/N-ethyl adjacent to an activating group) is 1. The predicted octanol–water partition coefficient (Wildman–Crippen LogP) is 4.14. The number of hydrogen-bond donors (Lipinski definition) is 1. The highest BCUT2D eigenvalue weighted by atomic mass is 35.5. The molecule has 0 bridgehead atoms. The largest absolute Gasteiger partial charge is 0.369 e. The molecule has 5 heteroatoms. The summed E-state index contributed by atoms with van der Waals surface area (Å²) in [5.74, 6) is 0.433. The number of piperazine rings is 1. The van der Waals surface area contributed by atoms with Crippen LogP contribution in [0.1, 0.15) is 23.5 Å². The van der Waals surface area contributed by atoms with E-state index in [2.05, 4.69) is 47.3 Å². The standard InChI is InChI=1S/C22H26ClN3O/c1-15-12-18(6-7-21(15)26-10-8-25(2)9-11-26)24-22(27)20-14-19(20)16-4-3-5-17(23)13-16/h3-7,12-13,19-20H,8-11,14H2,1-2H3,(H,24,27). The van der Waals surface area contributed by atoms with Gasteiger partial charge in [-0.3, -0.25) is 4.79 Å². The van der Waals surface area contributed by atoms with E-state index in [1.807, 2.05) is 24.3 Å². The monoisotopic (exact) mass is 383 g/mol. The second-order valence-electron chi connectivity index (χ2n) is 7.78. The third-order valence-electron chi connectivity index (χ3n) is 5.71. The number of nitrogens with one attached hydrogen (secondary N) is 1. The van der Waals surface area contributed by atoms with E-state index in [-0.39, 0.29) is 17.7 Å². The van der Waals surface area contributed by atoms with Gasteiger partial charge in [-0.05, 0) is 67.8 Å². The zero-order valence-electron chi connectivity index (χ0n) is 15.9. The van der Waals surface area contributed by atoms with E-state index in [1.165, 1.54) is 11.3 Å². The van der Waals surface area contributed by atoms with Crippen molar-refractivity contribution in [3.8, 4) is 0 Å². The third-order valence-corrected chi connectivity index (χ3v) is 5.95. The molecule has 1 saturated carbocycles. The normalized spacial score (nSPS) is 22.6. The average Bonchev–Trinajstić information content (AvgIpc) is 3.44. The molecule has 1 saturated heterocycles. The fourth-order valence-electron chi connectivity index (χ4n) is 3.96. The summed E-state index contributed by atoms with van der Waals surface area (Å²) >= 11 is 6.07. The Kier molecular flexibility index (Phi) is 5.11. The van der Waals surface area contributed by atoms with E-state index < -0.39 is 0 Å². The minimum Gasteiger partial charge on any atom is -0.369 e. The van der Waals surface area contributed by atoms with Crippen LogP contribution in [0, 0.1) is 12.8 Å². The summed E-state index contributed by atoms with van der Waals surface area (Å²) in [4.78, 5) is 17.4. The van der Waals surface area contributed by atoms with Gasteiger partial charge in [0.15, 0.2) is 0 Å². The molecule has 1 aliphatic carbocycles. The number of anilines is 2. The lowest BCUT2D eigenvalue weighted by molar-refractivity contribution is -0.117. The fraction of sp³-hybridized carbons (Fsp3) is 0.409. The van der Waals surface area contributed by atoms with Gasteiger partial charge in [-0.25, -0.2) is 0 Å². The maximum atomic E-state index is 12.6. The van der Waals surface area contributed by atoms with Gasteiger partial charge in [0.05, 0.1) is 0 Å². The molecule has 1 N–H and O–H groups in total. The zero-order chi connectivity index (χ0) is 19.0. The van der Waals surface area contributed by atoms with Gasteiger partial charge in [0.1, 0.15) is 0 Å². The summed E-state index contributed by atoms with van der Waals surface area (Å²) in [7, 11) is 2.16. The van der Waals surface area contributed by atoms with Crippen LogP contribution >= 0.6 is 11.6 Å². The fourth-order valence-corrected chi connectivity index (χ4v) is 4.16. The van der Waals surface area contributed by atoms with Crippen LogP contribution in [0.25, 0.3) is 0 Å². The number of nitrogens with zero attached hydrogens (tertiary/aromatic N) is 2. The molecule has 1 heterocycles. The molecule has 142 valence electrons. The topological polar surface area (TPSA) is 35.6 Å². The molecule has 2 atom stereocenters. The molecule has 1 aliphatic heterocycles. The number of carbonyl (C=O) groups excluding carboxylic acids is 1. The van der Waals surface area contributed by atoms with E-state index in [0.717, 1.165) is 48.9 Å². The van der Waals surface area contributed by atoms with Crippen molar-refractivity contribution in [3.63, 3.8) is 0 Å². The molecule has 27 heavy (non-hydrogen) atoms. The number of carbonyl (C=O) groups is 1. The summed E-state index contributed by atoms with van der Waals surface area (Å²) in [6.45, 7) is 6.39. The Morgan fingerprint density at radius 1 is 1.11 bits per heavy atom. The van der Waals surface area contributed by atoms with Crippen LogP contribution in [0.5, 0.6) is 0 Å². The third kappa shape index (κ3) is 4.12. The van der Waals surface area contributed by atoms with Crippen molar-refractivity contribution in [1.29, 1.82) is 0 Å². The summed E-state index contributed by atoms with van der Waals surface area (Å²) < 4.78 is 0. The molecular formula is C22H26ClN3O. The second-order valence-corrected chi connectivity index (χ2v) is 8.22. The number of benzene rings is 2. The number of halogens is 1. The molecule has 0 spiro atoms. The molecule has 2 unspecified atom stereocenters. The summed E-state index contributed by atoms with van der Waals surface area (Å²) in [6, 6.07) is 14.1. The lowest BCUT2D eigenvalue weighted by Gasteiger charge is -2.35. The minimum atomic E-state index is 0.0427. The van der Waals surface area contributed by atoms with E-state index >= 15 is 0 Å². The van der Waals surface area contributed by atoms with Gasteiger partial charge in [-0.15, -0.1) is 0 Å². The van der Waals surface area contributed by atoms with Gasteiger partial charge in [0.2, 0.25) is 5.91 Å². The summed E-state index contributed by atoms with van der Waals surface area (Å²) in [6.07, 6.45) is 0.893. The number of rotatable bonds is 4. The lowest BCUT2D eigenvalue weighted by atomic mass is 10.1. The smallest absolute Gasteiger partial charge is 0.228 e. The van der Waals surface area contributed by atoms with Gasteiger partial charge >= 0.3 is 0 Å². The van der Waals surface area contributed by atoms with Crippen LogP contribution in [0.3, 0.4) is 0 Å². The van der Waals surface area contributed by atoms with Crippen LogP contribution in [0.15, 0.2) is 42.5 Å².